The Balaban J connectivity index is 1.77. The molecule has 1 amide bonds. The van der Waals surface area contributed by atoms with Crippen molar-refractivity contribution in [1.82, 2.24) is 5.16 Å². The lowest BCUT2D eigenvalue weighted by Crippen LogP contribution is -2.14. The number of ether oxygens (including phenoxy) is 1. The van der Waals surface area contributed by atoms with E-state index in [9.17, 15) is 9.59 Å². The van der Waals surface area contributed by atoms with Crippen molar-refractivity contribution in [1.29, 1.82) is 0 Å². The van der Waals surface area contributed by atoms with Crippen LogP contribution in [0, 0.1) is 6.92 Å². The van der Waals surface area contributed by atoms with Gasteiger partial charge in [0.15, 0.2) is 0 Å². The molecule has 2 aromatic carbocycles. The van der Waals surface area contributed by atoms with Crippen LogP contribution in [0.1, 0.15) is 39.8 Å². The van der Waals surface area contributed by atoms with Gasteiger partial charge in [0.1, 0.15) is 17.0 Å². The minimum Gasteiger partial charge on any atom is -0.462 e. The van der Waals surface area contributed by atoms with Crippen LogP contribution in [0.2, 0.25) is 0 Å². The smallest absolute Gasteiger partial charge is 0.338 e. The van der Waals surface area contributed by atoms with Crippen LogP contribution < -0.4 is 5.32 Å². The molecule has 0 aliphatic heterocycles. The molecule has 3 rings (SSSR count). The molecule has 0 fully saturated rings. The standard InChI is InChI=1S/C21H20N2O4/c1-3-13-26-21(25)16-9-11-17(12-10-16)22-20(24)18-14(2)27-23-19(18)15-7-5-4-6-8-15/h4-12H,3,13H2,1-2H3,(H,22,24). The third-order valence-corrected chi connectivity index (χ3v) is 3.95. The first-order chi connectivity index (χ1) is 13.1. The van der Waals surface area contributed by atoms with Crippen molar-refractivity contribution in [3.63, 3.8) is 0 Å². The molecule has 6 nitrogen and oxygen atoms in total. The highest BCUT2D eigenvalue weighted by Gasteiger charge is 2.21. The van der Waals surface area contributed by atoms with Gasteiger partial charge in [-0.15, -0.1) is 0 Å². The van der Waals surface area contributed by atoms with Gasteiger partial charge in [-0.1, -0.05) is 42.4 Å². The van der Waals surface area contributed by atoms with Crippen LogP contribution in [-0.4, -0.2) is 23.6 Å². The second-order valence-corrected chi connectivity index (χ2v) is 6.00. The summed E-state index contributed by atoms with van der Waals surface area (Å²) in [5.74, 6) is -0.268. The Kier molecular flexibility index (Phi) is 5.66. The highest BCUT2D eigenvalue weighted by molar-refractivity contribution is 6.08. The number of benzene rings is 2. The number of hydrogen-bond acceptors (Lipinski definition) is 5. The molecule has 0 spiro atoms. The number of hydrogen-bond donors (Lipinski definition) is 1. The van der Waals surface area contributed by atoms with Gasteiger partial charge in [0.05, 0.1) is 12.2 Å². The third-order valence-electron chi connectivity index (χ3n) is 3.95. The molecule has 0 saturated heterocycles. The largest absolute Gasteiger partial charge is 0.462 e. The number of aromatic nitrogens is 1. The summed E-state index contributed by atoms with van der Waals surface area (Å²) in [7, 11) is 0. The van der Waals surface area contributed by atoms with Crippen LogP contribution >= 0.6 is 0 Å². The van der Waals surface area contributed by atoms with E-state index in [0.717, 1.165) is 12.0 Å². The average Bonchev–Trinajstić information content (AvgIpc) is 3.09. The molecule has 6 heteroatoms. The van der Waals surface area contributed by atoms with Gasteiger partial charge in [0.25, 0.3) is 5.91 Å². The predicted molar refractivity (Wildman–Crippen MR) is 102 cm³/mol. The molecule has 1 heterocycles. The van der Waals surface area contributed by atoms with Crippen molar-refractivity contribution in [3.8, 4) is 11.3 Å². The average molecular weight is 364 g/mol. The summed E-state index contributed by atoms with van der Waals surface area (Å²) in [6, 6.07) is 15.9. The zero-order chi connectivity index (χ0) is 19.2. The zero-order valence-corrected chi connectivity index (χ0v) is 15.2. The number of nitrogens with one attached hydrogen (secondary N) is 1. The minimum absolute atomic E-state index is 0.325. The summed E-state index contributed by atoms with van der Waals surface area (Å²) >= 11 is 0. The fraction of sp³-hybridized carbons (Fsp3) is 0.190. The van der Waals surface area contributed by atoms with Crippen LogP contribution in [0.5, 0.6) is 0 Å². The topological polar surface area (TPSA) is 81.4 Å². The highest BCUT2D eigenvalue weighted by Crippen LogP contribution is 2.26. The Morgan fingerprint density at radius 1 is 1.07 bits per heavy atom. The van der Waals surface area contributed by atoms with Crippen molar-refractivity contribution < 1.29 is 18.8 Å². The summed E-state index contributed by atoms with van der Waals surface area (Å²) in [5.41, 5.74) is 2.67. The van der Waals surface area contributed by atoms with E-state index in [0.29, 0.717) is 34.9 Å². The maximum atomic E-state index is 12.7. The Hall–Kier alpha value is -3.41. The Labute approximate surface area is 157 Å². The molecule has 0 radical (unpaired) electrons. The lowest BCUT2D eigenvalue weighted by molar-refractivity contribution is 0.0505. The summed E-state index contributed by atoms with van der Waals surface area (Å²) in [4.78, 5) is 24.6. The van der Waals surface area contributed by atoms with Crippen LogP contribution in [0.25, 0.3) is 11.3 Å². The number of aryl methyl sites for hydroxylation is 1. The number of rotatable bonds is 6. The van der Waals surface area contributed by atoms with E-state index >= 15 is 0 Å². The van der Waals surface area contributed by atoms with E-state index in [1.165, 1.54) is 0 Å². The van der Waals surface area contributed by atoms with Gasteiger partial charge < -0.3 is 14.6 Å². The number of esters is 1. The first kappa shape index (κ1) is 18.4. The molecule has 3 aromatic rings. The van der Waals surface area contributed by atoms with E-state index in [4.69, 9.17) is 9.26 Å². The quantitative estimate of drug-likeness (QED) is 0.653. The Morgan fingerprint density at radius 3 is 2.44 bits per heavy atom. The van der Waals surface area contributed by atoms with Crippen LogP contribution in [0.4, 0.5) is 5.69 Å². The Morgan fingerprint density at radius 2 is 1.78 bits per heavy atom. The van der Waals surface area contributed by atoms with E-state index in [1.807, 2.05) is 37.3 Å². The molecule has 0 saturated carbocycles. The van der Waals surface area contributed by atoms with Crippen LogP contribution in [-0.2, 0) is 4.74 Å². The molecule has 27 heavy (non-hydrogen) atoms. The number of anilines is 1. The molecule has 138 valence electrons. The molecule has 0 aliphatic carbocycles. The number of amides is 1. The second-order valence-electron chi connectivity index (χ2n) is 6.00. The van der Waals surface area contributed by atoms with Gasteiger partial charge in [-0.3, -0.25) is 4.79 Å². The molecule has 0 aliphatic rings. The summed E-state index contributed by atoms with van der Waals surface area (Å²) < 4.78 is 10.3. The molecule has 0 bridgehead atoms. The monoisotopic (exact) mass is 364 g/mol. The van der Waals surface area contributed by atoms with E-state index < -0.39 is 0 Å². The summed E-state index contributed by atoms with van der Waals surface area (Å²) in [5, 5.41) is 6.83. The van der Waals surface area contributed by atoms with Gasteiger partial charge in [-0.2, -0.15) is 0 Å². The fourth-order valence-electron chi connectivity index (χ4n) is 2.59. The number of nitrogens with zero attached hydrogens (tertiary/aromatic N) is 1. The molecule has 1 N–H and O–H groups in total. The van der Waals surface area contributed by atoms with Crippen molar-refractivity contribution in [2.24, 2.45) is 0 Å². The van der Waals surface area contributed by atoms with E-state index in [-0.39, 0.29) is 11.9 Å². The van der Waals surface area contributed by atoms with Crippen molar-refractivity contribution in [2.45, 2.75) is 20.3 Å². The lowest BCUT2D eigenvalue weighted by atomic mass is 10.1. The van der Waals surface area contributed by atoms with Gasteiger partial charge in [0, 0.05) is 11.3 Å². The fourth-order valence-corrected chi connectivity index (χ4v) is 2.59. The highest BCUT2D eigenvalue weighted by atomic mass is 16.5. The molecule has 0 unspecified atom stereocenters. The van der Waals surface area contributed by atoms with Gasteiger partial charge in [-0.05, 0) is 37.6 Å². The first-order valence-corrected chi connectivity index (χ1v) is 8.70. The molecular formula is C21H20N2O4. The maximum absolute atomic E-state index is 12.7. The molecule has 1 aromatic heterocycles. The lowest BCUT2D eigenvalue weighted by Gasteiger charge is -2.07. The third kappa shape index (κ3) is 4.23. The van der Waals surface area contributed by atoms with E-state index in [1.54, 1.807) is 31.2 Å². The van der Waals surface area contributed by atoms with Gasteiger partial charge in [-0.25, -0.2) is 4.79 Å². The van der Waals surface area contributed by atoms with Gasteiger partial charge in [0.2, 0.25) is 0 Å². The minimum atomic E-state index is -0.379. The van der Waals surface area contributed by atoms with Crippen molar-refractivity contribution in [2.75, 3.05) is 11.9 Å². The number of carbonyl (C=O) groups is 2. The predicted octanol–water partition coefficient (Wildman–Crippen LogP) is 4.47. The van der Waals surface area contributed by atoms with Crippen molar-refractivity contribution >= 4 is 17.6 Å². The van der Waals surface area contributed by atoms with Gasteiger partial charge >= 0.3 is 5.97 Å². The Bertz CT molecular complexity index is 931. The number of carbonyl (C=O) groups excluding carboxylic acids is 2. The van der Waals surface area contributed by atoms with Crippen LogP contribution in [0.3, 0.4) is 0 Å². The summed E-state index contributed by atoms with van der Waals surface area (Å²) in [6.07, 6.45) is 0.766. The first-order valence-electron chi connectivity index (χ1n) is 8.70. The van der Waals surface area contributed by atoms with E-state index in [2.05, 4.69) is 10.5 Å². The second kappa shape index (κ2) is 8.31. The summed E-state index contributed by atoms with van der Waals surface area (Å²) in [6.45, 7) is 4.01. The van der Waals surface area contributed by atoms with Crippen molar-refractivity contribution in [3.05, 3.63) is 71.5 Å². The zero-order valence-electron chi connectivity index (χ0n) is 15.2. The molecule has 0 atom stereocenters. The van der Waals surface area contributed by atoms with Crippen LogP contribution in [0.15, 0.2) is 59.1 Å². The SMILES string of the molecule is CCCOC(=O)c1ccc(NC(=O)c2c(-c3ccccc3)noc2C)cc1. The normalized spacial score (nSPS) is 10.4. The maximum Gasteiger partial charge on any atom is 0.338 e. The molecular weight excluding hydrogens is 344 g/mol.